The molecule has 4 rings (SSSR count). The van der Waals surface area contributed by atoms with E-state index >= 15 is 0 Å². The normalized spacial score (nSPS) is 11.2. The Balaban J connectivity index is 0.000000261. The van der Waals surface area contributed by atoms with Crippen LogP contribution in [0, 0.1) is 10.1 Å². The van der Waals surface area contributed by atoms with Crippen molar-refractivity contribution < 1.29 is 40.7 Å². The minimum atomic E-state index is -3.84. The summed E-state index contributed by atoms with van der Waals surface area (Å²) in [6, 6.07) is 7.33. The zero-order valence-corrected chi connectivity index (χ0v) is 29.6. The second-order valence-corrected chi connectivity index (χ2v) is 14.1. The third-order valence-corrected chi connectivity index (χ3v) is 9.79. The number of benzene rings is 2. The van der Waals surface area contributed by atoms with Crippen LogP contribution in [0.4, 0.5) is 11.4 Å². The lowest BCUT2D eigenvalue weighted by molar-refractivity contribution is -0.384. The number of nitrogens with one attached hydrogen (secondary N) is 2. The molecule has 22 heteroatoms. The number of hydrogen-bond donors (Lipinski definition) is 3. The summed E-state index contributed by atoms with van der Waals surface area (Å²) in [7, 11) is -2.47. The van der Waals surface area contributed by atoms with Crippen LogP contribution in [0.2, 0.25) is 20.1 Å². The summed E-state index contributed by atoms with van der Waals surface area (Å²) in [6.45, 7) is 0. The van der Waals surface area contributed by atoms with Gasteiger partial charge in [0, 0.05) is 30.0 Å². The maximum Gasteiger partial charge on any atom is 0.272 e. The molecule has 48 heavy (non-hydrogen) atoms. The summed E-state index contributed by atoms with van der Waals surface area (Å²) in [6.07, 6.45) is 2.37. The molecule has 0 fully saturated rings. The summed E-state index contributed by atoms with van der Waals surface area (Å²) < 4.78 is 73.3. The van der Waals surface area contributed by atoms with Crippen molar-refractivity contribution in [1.29, 1.82) is 0 Å². The highest BCUT2D eigenvalue weighted by atomic mass is 35.5. The SMILES string of the molecule is CNS(=O)(=O)c1cc(Oc2c(Cl)cc(N)cc2Cl)ncc1OC.CNS(=O)(=O)c1cc(Oc2c(Cl)cc([N+](=O)[O-])cc2Cl)ncc1OC. The first kappa shape index (κ1) is 38.6. The van der Waals surface area contributed by atoms with E-state index < -0.39 is 25.0 Å². The van der Waals surface area contributed by atoms with E-state index in [1.807, 2.05) is 0 Å². The van der Waals surface area contributed by atoms with Crippen LogP contribution in [0.15, 0.2) is 58.6 Å². The molecule has 16 nitrogen and oxygen atoms in total. The van der Waals surface area contributed by atoms with Crippen LogP contribution < -0.4 is 34.1 Å². The number of halogens is 4. The van der Waals surface area contributed by atoms with Gasteiger partial charge in [-0.1, -0.05) is 46.4 Å². The maximum absolute atomic E-state index is 12.0. The molecule has 0 aliphatic carbocycles. The summed E-state index contributed by atoms with van der Waals surface area (Å²) >= 11 is 23.9. The van der Waals surface area contributed by atoms with Gasteiger partial charge in [-0.2, -0.15) is 0 Å². The Morgan fingerprint density at radius 3 is 1.38 bits per heavy atom. The van der Waals surface area contributed by atoms with E-state index in [0.717, 1.165) is 24.4 Å². The van der Waals surface area contributed by atoms with E-state index in [0.29, 0.717) is 5.69 Å². The van der Waals surface area contributed by atoms with Crippen molar-refractivity contribution in [1.82, 2.24) is 19.4 Å². The van der Waals surface area contributed by atoms with Crippen molar-refractivity contribution in [2.45, 2.75) is 9.79 Å². The molecule has 0 aliphatic rings. The van der Waals surface area contributed by atoms with Crippen LogP contribution in [0.25, 0.3) is 0 Å². The van der Waals surface area contributed by atoms with Gasteiger partial charge in [0.1, 0.15) is 9.79 Å². The molecule has 0 spiro atoms. The minimum Gasteiger partial charge on any atom is -0.494 e. The predicted octanol–water partition coefficient (Wildman–Crippen LogP) is 5.69. The number of rotatable bonds is 11. The van der Waals surface area contributed by atoms with Gasteiger partial charge in [0.15, 0.2) is 23.0 Å². The van der Waals surface area contributed by atoms with Gasteiger partial charge in [-0.05, 0) is 26.2 Å². The smallest absolute Gasteiger partial charge is 0.272 e. The largest absolute Gasteiger partial charge is 0.494 e. The van der Waals surface area contributed by atoms with E-state index in [1.54, 1.807) is 0 Å². The van der Waals surface area contributed by atoms with Crippen molar-refractivity contribution in [2.24, 2.45) is 0 Å². The lowest BCUT2D eigenvalue weighted by Crippen LogP contribution is -2.19. The number of non-ortho nitro benzene ring substituents is 1. The molecule has 0 amide bonds. The minimum absolute atomic E-state index is 0.00240. The van der Waals surface area contributed by atoms with Gasteiger partial charge in [0.25, 0.3) is 5.69 Å². The van der Waals surface area contributed by atoms with Gasteiger partial charge >= 0.3 is 0 Å². The lowest BCUT2D eigenvalue weighted by atomic mass is 10.3. The molecular weight excluding hydrogens is 762 g/mol. The number of nitro benzene ring substituents is 1. The highest BCUT2D eigenvalue weighted by Gasteiger charge is 2.23. The summed E-state index contributed by atoms with van der Waals surface area (Å²) in [4.78, 5) is 17.7. The Morgan fingerprint density at radius 1 is 0.708 bits per heavy atom. The third kappa shape index (κ3) is 9.17. The molecule has 258 valence electrons. The van der Waals surface area contributed by atoms with E-state index in [1.165, 1.54) is 52.7 Å². The first-order chi connectivity index (χ1) is 22.5. The number of hydrogen-bond acceptors (Lipinski definition) is 13. The molecule has 0 saturated carbocycles. The van der Waals surface area contributed by atoms with Gasteiger partial charge < -0.3 is 24.7 Å². The number of anilines is 1. The molecule has 0 atom stereocenters. The zero-order chi connectivity index (χ0) is 36.0. The number of nitrogens with zero attached hydrogens (tertiary/aromatic N) is 3. The van der Waals surface area contributed by atoms with Crippen LogP contribution in [-0.2, 0) is 20.0 Å². The van der Waals surface area contributed by atoms with Gasteiger partial charge in [-0.3, -0.25) is 10.1 Å². The predicted molar refractivity (Wildman–Crippen MR) is 178 cm³/mol. The van der Waals surface area contributed by atoms with Crippen molar-refractivity contribution in [3.05, 3.63) is 79.0 Å². The molecule has 2 heterocycles. The van der Waals surface area contributed by atoms with Crippen molar-refractivity contribution >= 4 is 77.8 Å². The second kappa shape index (κ2) is 16.0. The highest BCUT2D eigenvalue weighted by molar-refractivity contribution is 7.89. The van der Waals surface area contributed by atoms with Gasteiger partial charge in [-0.25, -0.2) is 36.2 Å². The standard InChI is InChI=1S/C13H11Cl2N3O6S.C13H13Cl2N3O4S/c1-16-25(21,22)11-5-12(17-6-10(11)23-2)24-13-8(14)3-7(18(19)20)4-9(13)15;1-17-23(19,20)11-5-12(18-6-10(11)21-2)22-13-8(14)3-7(16)4-9(13)15/h3-6,16H,1-2H3;3-6,17H,16H2,1-2H3. The van der Waals surface area contributed by atoms with Crippen LogP contribution >= 0.6 is 46.4 Å². The number of pyridine rings is 2. The molecule has 4 aromatic rings. The highest BCUT2D eigenvalue weighted by Crippen LogP contribution is 2.40. The molecule has 0 radical (unpaired) electrons. The summed E-state index contributed by atoms with van der Waals surface area (Å²) in [5.41, 5.74) is 5.67. The maximum atomic E-state index is 12.0. The van der Waals surface area contributed by atoms with Crippen molar-refractivity contribution in [3.8, 4) is 34.8 Å². The molecule has 2 aromatic carbocycles. The fourth-order valence-electron chi connectivity index (χ4n) is 3.51. The van der Waals surface area contributed by atoms with Gasteiger partial charge in [-0.15, -0.1) is 0 Å². The monoisotopic (exact) mass is 784 g/mol. The molecule has 4 N–H and O–H groups in total. The number of nitrogens with two attached hydrogens (primary N) is 1. The number of aromatic nitrogens is 2. The topological polar surface area (TPSA) is 224 Å². The van der Waals surface area contributed by atoms with E-state index in [-0.39, 0.29) is 70.3 Å². The van der Waals surface area contributed by atoms with Crippen LogP contribution in [0.1, 0.15) is 0 Å². The first-order valence-electron chi connectivity index (χ1n) is 12.7. The van der Waals surface area contributed by atoms with Gasteiger partial charge in [0.2, 0.25) is 31.8 Å². The number of ether oxygens (including phenoxy) is 4. The van der Waals surface area contributed by atoms with Crippen molar-refractivity contribution in [3.63, 3.8) is 0 Å². The number of nitro groups is 1. The average molecular weight is 786 g/mol. The second-order valence-electron chi connectivity index (χ2n) is 8.78. The molecule has 2 aromatic heterocycles. The number of sulfonamides is 2. The summed E-state index contributed by atoms with van der Waals surface area (Å²) in [5, 5.41) is 10.9. The Morgan fingerprint density at radius 2 is 1.06 bits per heavy atom. The average Bonchev–Trinajstić information content (AvgIpc) is 3.04. The van der Waals surface area contributed by atoms with E-state index in [9.17, 15) is 26.9 Å². The van der Waals surface area contributed by atoms with Crippen LogP contribution in [0.3, 0.4) is 0 Å². The quantitative estimate of drug-likeness (QED) is 0.0946. The molecule has 0 aliphatic heterocycles. The molecule has 0 bridgehead atoms. The molecular formula is C26H24Cl4N6O10S2. The Kier molecular flexibility index (Phi) is 12.9. The molecule has 0 unspecified atom stereocenters. The first-order valence-corrected chi connectivity index (χ1v) is 17.1. The van der Waals surface area contributed by atoms with E-state index in [4.69, 9.17) is 71.1 Å². The molecule has 0 saturated heterocycles. The Hall–Kier alpha value is -3.88. The van der Waals surface area contributed by atoms with Crippen LogP contribution in [0.5, 0.6) is 34.8 Å². The van der Waals surface area contributed by atoms with Crippen molar-refractivity contribution in [2.75, 3.05) is 34.0 Å². The fourth-order valence-corrected chi connectivity index (χ4v) is 6.39. The zero-order valence-electron chi connectivity index (χ0n) is 24.9. The van der Waals surface area contributed by atoms with Gasteiger partial charge in [0.05, 0.1) is 51.6 Å². The summed E-state index contributed by atoms with van der Waals surface area (Å²) in [5.74, 6) is -0.0725. The number of nitrogen functional groups attached to an aromatic ring is 1. The Labute approximate surface area is 294 Å². The third-order valence-electron chi connectivity index (χ3n) is 5.80. The Bertz CT molecular complexity index is 2030. The van der Waals surface area contributed by atoms with Crippen LogP contribution in [-0.4, -0.2) is 60.0 Å². The van der Waals surface area contributed by atoms with E-state index in [2.05, 4.69) is 19.4 Å². The number of methoxy groups -OCH3 is 2. The lowest BCUT2D eigenvalue weighted by Gasteiger charge is -2.12. The fraction of sp³-hybridized carbons (Fsp3) is 0.154.